The van der Waals surface area contributed by atoms with Gasteiger partial charge in [0.15, 0.2) is 0 Å². The zero-order chi connectivity index (χ0) is 18.6. The van der Waals surface area contributed by atoms with Crippen LogP contribution < -0.4 is 10.1 Å². The number of hydrogen-bond acceptors (Lipinski definition) is 7. The summed E-state index contributed by atoms with van der Waals surface area (Å²) in [5, 5.41) is 24.4. The molecule has 1 amide bonds. The Balaban J connectivity index is 1.68. The molecule has 8 nitrogen and oxygen atoms in total. The first-order valence-corrected chi connectivity index (χ1v) is 9.41. The van der Waals surface area contributed by atoms with E-state index in [4.69, 9.17) is 4.74 Å². The van der Waals surface area contributed by atoms with E-state index in [-0.39, 0.29) is 17.6 Å². The Kier molecular flexibility index (Phi) is 5.42. The molecule has 0 saturated heterocycles. The van der Waals surface area contributed by atoms with Crippen LogP contribution in [0.15, 0.2) is 29.4 Å². The Labute approximate surface area is 155 Å². The predicted molar refractivity (Wildman–Crippen MR) is 95.9 cm³/mol. The van der Waals surface area contributed by atoms with Crippen LogP contribution in [-0.2, 0) is 4.79 Å². The van der Waals surface area contributed by atoms with Crippen molar-refractivity contribution in [1.29, 1.82) is 5.26 Å². The average Bonchev–Trinajstić information content (AvgIpc) is 3.40. The molecule has 0 aliphatic heterocycles. The first-order valence-electron chi connectivity index (χ1n) is 8.43. The minimum absolute atomic E-state index is 0.126. The summed E-state index contributed by atoms with van der Waals surface area (Å²) in [7, 11) is 0. The maximum absolute atomic E-state index is 12.3. The van der Waals surface area contributed by atoms with E-state index < -0.39 is 5.54 Å². The number of nitrogens with zero attached hydrogens (tertiary/aromatic N) is 5. The second-order valence-electron chi connectivity index (χ2n) is 6.20. The number of carbonyl (C=O) groups is 1. The zero-order valence-corrected chi connectivity index (χ0v) is 15.5. The van der Waals surface area contributed by atoms with E-state index in [1.165, 1.54) is 11.8 Å². The van der Waals surface area contributed by atoms with Crippen LogP contribution >= 0.6 is 11.8 Å². The molecule has 0 bridgehead atoms. The van der Waals surface area contributed by atoms with Gasteiger partial charge in [0.2, 0.25) is 11.1 Å². The molecule has 26 heavy (non-hydrogen) atoms. The van der Waals surface area contributed by atoms with Gasteiger partial charge in [0, 0.05) is 0 Å². The molecule has 1 fully saturated rings. The lowest BCUT2D eigenvalue weighted by Gasteiger charge is -2.22. The van der Waals surface area contributed by atoms with Gasteiger partial charge in [0.05, 0.1) is 18.4 Å². The smallest absolute Gasteiger partial charge is 0.231 e. The summed E-state index contributed by atoms with van der Waals surface area (Å²) in [6.45, 7) is 4.20. The van der Waals surface area contributed by atoms with Gasteiger partial charge >= 0.3 is 0 Å². The molecule has 3 rings (SSSR count). The first kappa shape index (κ1) is 18.2. The van der Waals surface area contributed by atoms with Crippen molar-refractivity contribution in [2.45, 2.75) is 37.4 Å². The van der Waals surface area contributed by atoms with E-state index in [0.717, 1.165) is 12.8 Å². The predicted octanol–water partition coefficient (Wildman–Crippen LogP) is 1.96. The van der Waals surface area contributed by atoms with Gasteiger partial charge in [-0.15, -0.1) is 5.10 Å². The summed E-state index contributed by atoms with van der Waals surface area (Å²) in [5.41, 5.74) is -0.0902. The standard InChI is InChI=1S/C17H20N6O2S/c1-3-25-14-7-5-4-6-13(14)23-16(20-21-22-23)26-10-15(24)19-17(2,11-18)12-8-9-12/h4-7,12H,3,8-10H2,1-2H3,(H,19,24)/t17-/m0/s1. The maximum Gasteiger partial charge on any atom is 0.231 e. The largest absolute Gasteiger partial charge is 0.492 e. The fourth-order valence-electron chi connectivity index (χ4n) is 2.67. The fourth-order valence-corrected chi connectivity index (χ4v) is 3.35. The summed E-state index contributed by atoms with van der Waals surface area (Å²) in [6, 6.07) is 9.66. The van der Waals surface area contributed by atoms with E-state index in [1.807, 2.05) is 31.2 Å². The molecule has 0 radical (unpaired) electrons. The maximum atomic E-state index is 12.3. The molecule has 2 aromatic rings. The van der Waals surface area contributed by atoms with Gasteiger partial charge in [-0.3, -0.25) is 4.79 Å². The molecule has 136 valence electrons. The second-order valence-corrected chi connectivity index (χ2v) is 7.14. The average molecular weight is 372 g/mol. The van der Waals surface area contributed by atoms with Crippen LogP contribution in [0.5, 0.6) is 5.75 Å². The molecule has 1 aromatic heterocycles. The summed E-state index contributed by atoms with van der Waals surface area (Å²) in [4.78, 5) is 12.3. The lowest BCUT2D eigenvalue weighted by Crippen LogP contribution is -2.47. The summed E-state index contributed by atoms with van der Waals surface area (Å²) in [6.07, 6.45) is 1.95. The van der Waals surface area contributed by atoms with Gasteiger partial charge in [0.1, 0.15) is 17.0 Å². The van der Waals surface area contributed by atoms with Crippen molar-refractivity contribution in [3.8, 4) is 17.5 Å². The summed E-state index contributed by atoms with van der Waals surface area (Å²) < 4.78 is 7.16. The van der Waals surface area contributed by atoms with Gasteiger partial charge in [-0.05, 0) is 55.2 Å². The van der Waals surface area contributed by atoms with Crippen molar-refractivity contribution < 1.29 is 9.53 Å². The van der Waals surface area contributed by atoms with Crippen LogP contribution in [0, 0.1) is 17.2 Å². The normalized spacial score (nSPS) is 15.7. The monoisotopic (exact) mass is 372 g/mol. The number of carbonyl (C=O) groups excluding carboxylic acids is 1. The quantitative estimate of drug-likeness (QED) is 0.706. The number of aromatic nitrogens is 4. The van der Waals surface area contributed by atoms with Crippen molar-refractivity contribution in [2.24, 2.45) is 5.92 Å². The molecule has 1 saturated carbocycles. The third-order valence-corrected chi connectivity index (χ3v) is 5.11. The number of hydrogen-bond donors (Lipinski definition) is 1. The van der Waals surface area contributed by atoms with Crippen molar-refractivity contribution in [3.05, 3.63) is 24.3 Å². The van der Waals surface area contributed by atoms with E-state index in [0.29, 0.717) is 23.2 Å². The topological polar surface area (TPSA) is 106 Å². The van der Waals surface area contributed by atoms with Crippen LogP contribution in [0.3, 0.4) is 0 Å². The zero-order valence-electron chi connectivity index (χ0n) is 14.7. The summed E-state index contributed by atoms with van der Waals surface area (Å²) in [5.74, 6) is 0.823. The van der Waals surface area contributed by atoms with Crippen LogP contribution in [-0.4, -0.2) is 44.0 Å². The molecule has 0 unspecified atom stereocenters. The minimum atomic E-state index is -0.800. The van der Waals surface area contributed by atoms with Gasteiger partial charge in [-0.2, -0.15) is 9.94 Å². The molecule has 1 aromatic carbocycles. The van der Waals surface area contributed by atoms with E-state index in [2.05, 4.69) is 26.9 Å². The molecule has 0 spiro atoms. The molecule has 1 atom stereocenters. The highest BCUT2D eigenvalue weighted by Gasteiger charge is 2.42. The lowest BCUT2D eigenvalue weighted by molar-refractivity contribution is -0.119. The number of thioether (sulfide) groups is 1. The number of rotatable bonds is 8. The Bertz CT molecular complexity index is 829. The second kappa shape index (κ2) is 7.74. The van der Waals surface area contributed by atoms with Gasteiger partial charge in [-0.1, -0.05) is 23.9 Å². The third-order valence-electron chi connectivity index (χ3n) is 4.19. The van der Waals surface area contributed by atoms with Gasteiger partial charge in [-0.25, -0.2) is 0 Å². The van der Waals surface area contributed by atoms with Crippen molar-refractivity contribution >= 4 is 17.7 Å². The SMILES string of the molecule is CCOc1ccccc1-n1nnnc1SCC(=O)N[C@@](C)(C#N)C1CC1. The summed E-state index contributed by atoms with van der Waals surface area (Å²) >= 11 is 1.22. The number of ether oxygens (including phenoxy) is 1. The van der Waals surface area contributed by atoms with Gasteiger partial charge < -0.3 is 10.1 Å². The molecule has 1 aliphatic carbocycles. The van der Waals surface area contributed by atoms with E-state index >= 15 is 0 Å². The third kappa shape index (κ3) is 3.96. The van der Waals surface area contributed by atoms with Crippen LogP contribution in [0.1, 0.15) is 26.7 Å². The molecule has 9 heteroatoms. The molecular weight excluding hydrogens is 352 g/mol. The highest BCUT2D eigenvalue weighted by Crippen LogP contribution is 2.39. The van der Waals surface area contributed by atoms with Gasteiger partial charge in [0.25, 0.3) is 0 Å². The van der Waals surface area contributed by atoms with Crippen LogP contribution in [0.4, 0.5) is 0 Å². The van der Waals surface area contributed by atoms with Crippen molar-refractivity contribution in [2.75, 3.05) is 12.4 Å². The first-order chi connectivity index (χ1) is 12.6. The number of nitrogens with one attached hydrogen (secondary N) is 1. The van der Waals surface area contributed by atoms with Crippen molar-refractivity contribution in [1.82, 2.24) is 25.5 Å². The number of amides is 1. The molecule has 1 aliphatic rings. The molecular formula is C17H20N6O2S. The Morgan fingerprint density at radius 2 is 2.27 bits per heavy atom. The van der Waals surface area contributed by atoms with Crippen LogP contribution in [0.2, 0.25) is 0 Å². The van der Waals surface area contributed by atoms with Crippen molar-refractivity contribution in [3.63, 3.8) is 0 Å². The Morgan fingerprint density at radius 3 is 2.96 bits per heavy atom. The number of benzene rings is 1. The lowest BCUT2D eigenvalue weighted by atomic mass is 9.98. The number of tetrazole rings is 1. The fraction of sp³-hybridized carbons (Fsp3) is 0.471. The van der Waals surface area contributed by atoms with Crippen LogP contribution in [0.25, 0.3) is 5.69 Å². The Morgan fingerprint density at radius 1 is 1.50 bits per heavy atom. The Hall–Kier alpha value is -2.60. The minimum Gasteiger partial charge on any atom is -0.492 e. The molecule has 1 N–H and O–H groups in total. The number of nitriles is 1. The highest BCUT2D eigenvalue weighted by molar-refractivity contribution is 7.99. The molecule has 1 heterocycles. The number of para-hydroxylation sites is 2. The van der Waals surface area contributed by atoms with E-state index in [1.54, 1.807) is 11.6 Å². The highest BCUT2D eigenvalue weighted by atomic mass is 32.2. The van der Waals surface area contributed by atoms with E-state index in [9.17, 15) is 10.1 Å².